The predicted molar refractivity (Wildman–Crippen MR) is 145 cm³/mol. The second kappa shape index (κ2) is 11.1. The smallest absolute Gasteiger partial charge is 0.241 e. The molecule has 12 nitrogen and oxygen atoms in total. The fraction of sp³-hybridized carbons (Fsp3) is 0.115. The van der Waals surface area contributed by atoms with E-state index in [4.69, 9.17) is 21.0 Å². The van der Waals surface area contributed by atoms with Crippen LogP contribution in [0.5, 0.6) is 5.75 Å². The molecule has 0 radical (unpaired) electrons. The average molecular weight is 508 g/mol. The van der Waals surface area contributed by atoms with Crippen LogP contribution in [0, 0.1) is 5.41 Å². The molecule has 0 saturated heterocycles. The van der Waals surface area contributed by atoms with Gasteiger partial charge in [0.05, 0.1) is 18.1 Å². The molecule has 0 unspecified atom stereocenters. The molecule has 3 aromatic carbocycles. The number of nitrogens with zero attached hydrogens (tertiary/aromatic N) is 7. The van der Waals surface area contributed by atoms with E-state index in [1.54, 1.807) is 7.11 Å². The molecule has 12 heteroatoms. The highest BCUT2D eigenvalue weighted by Gasteiger charge is 2.15. The Bertz CT molecular complexity index is 1590. The minimum atomic E-state index is 0.0637. The van der Waals surface area contributed by atoms with E-state index in [9.17, 15) is 0 Å². The van der Waals surface area contributed by atoms with Gasteiger partial charge in [-0.25, -0.2) is 19.5 Å². The zero-order valence-corrected chi connectivity index (χ0v) is 20.5. The van der Waals surface area contributed by atoms with E-state index in [1.165, 1.54) is 6.33 Å². The third-order valence-corrected chi connectivity index (χ3v) is 5.66. The molecule has 5 aromatic rings. The number of amidine groups is 1. The van der Waals surface area contributed by atoms with Crippen LogP contribution in [0.15, 0.2) is 89.5 Å². The molecule has 0 atom stereocenters. The summed E-state index contributed by atoms with van der Waals surface area (Å²) in [6.07, 6.45) is 1.75. The first kappa shape index (κ1) is 24.3. The van der Waals surface area contributed by atoms with Crippen molar-refractivity contribution in [1.82, 2.24) is 24.5 Å². The van der Waals surface area contributed by atoms with E-state index in [1.807, 2.05) is 77.4 Å². The van der Waals surface area contributed by atoms with Gasteiger partial charge in [0.1, 0.15) is 17.9 Å². The van der Waals surface area contributed by atoms with E-state index in [0.717, 1.165) is 33.6 Å². The molecule has 0 aliphatic carbocycles. The summed E-state index contributed by atoms with van der Waals surface area (Å²) in [6.45, 7) is 0.551. The molecular weight excluding hydrogens is 482 g/mol. The fourth-order valence-electron chi connectivity index (χ4n) is 3.91. The fourth-order valence-corrected chi connectivity index (χ4v) is 3.91. The van der Waals surface area contributed by atoms with Crippen LogP contribution in [-0.4, -0.2) is 37.4 Å². The summed E-state index contributed by atoms with van der Waals surface area (Å²) in [6, 6.07) is 23.2. The number of anilines is 3. The number of para-hydroxylation sites is 2. The van der Waals surface area contributed by atoms with Crippen molar-refractivity contribution in [1.29, 1.82) is 5.41 Å². The highest BCUT2D eigenvalue weighted by molar-refractivity contribution is 5.82. The lowest BCUT2D eigenvalue weighted by Gasteiger charge is -2.11. The van der Waals surface area contributed by atoms with Gasteiger partial charge < -0.3 is 21.2 Å². The van der Waals surface area contributed by atoms with Gasteiger partial charge in [0, 0.05) is 18.7 Å². The Labute approximate surface area is 218 Å². The molecule has 2 heterocycles. The van der Waals surface area contributed by atoms with Crippen LogP contribution in [0.1, 0.15) is 11.1 Å². The normalized spacial score (nSPS) is 11.1. The van der Waals surface area contributed by atoms with Crippen molar-refractivity contribution in [2.24, 2.45) is 16.2 Å². The molecule has 190 valence electrons. The summed E-state index contributed by atoms with van der Waals surface area (Å²) in [5, 5.41) is 21.1. The van der Waals surface area contributed by atoms with Crippen LogP contribution >= 0.6 is 0 Å². The summed E-state index contributed by atoms with van der Waals surface area (Å²) in [7, 11) is 1.65. The van der Waals surface area contributed by atoms with E-state index < -0.39 is 0 Å². The third kappa shape index (κ3) is 5.54. The maximum atomic E-state index is 7.81. The zero-order chi connectivity index (χ0) is 26.3. The zero-order valence-electron chi connectivity index (χ0n) is 20.5. The van der Waals surface area contributed by atoms with Crippen LogP contribution in [0.25, 0.3) is 17.0 Å². The molecule has 0 bridgehead atoms. The number of ether oxygens (including phenoxy) is 1. The molecule has 0 aliphatic rings. The summed E-state index contributed by atoms with van der Waals surface area (Å²) in [4.78, 5) is 18.1. The summed E-state index contributed by atoms with van der Waals surface area (Å²) in [5.41, 5.74) is 4.36. The van der Waals surface area contributed by atoms with Gasteiger partial charge in [0.15, 0.2) is 0 Å². The van der Waals surface area contributed by atoms with E-state index >= 15 is 0 Å². The number of nitrogens with two attached hydrogens (primary N) is 1. The van der Waals surface area contributed by atoms with Crippen molar-refractivity contribution in [3.63, 3.8) is 0 Å². The van der Waals surface area contributed by atoms with Gasteiger partial charge in [-0.1, -0.05) is 41.6 Å². The number of aromatic nitrogens is 5. The first-order valence-electron chi connectivity index (χ1n) is 11.7. The number of hydrogen-bond donors (Lipinski definition) is 4. The first-order chi connectivity index (χ1) is 18.6. The Morgan fingerprint density at radius 2 is 1.84 bits per heavy atom. The molecule has 2 aromatic heterocycles. The van der Waals surface area contributed by atoms with Gasteiger partial charge >= 0.3 is 0 Å². The van der Waals surface area contributed by atoms with Crippen molar-refractivity contribution in [2.75, 3.05) is 17.7 Å². The highest BCUT2D eigenvalue weighted by atomic mass is 16.5. The lowest BCUT2D eigenvalue weighted by atomic mass is 10.1. The monoisotopic (exact) mass is 507 g/mol. The highest BCUT2D eigenvalue weighted by Crippen LogP contribution is 2.24. The SMILES string of the molecule is COc1ccc(CNc2nc3ccccc3n2-c2ncnc(Nc3cccc(CC(=N)N=NN)c3)n2)cc1. The van der Waals surface area contributed by atoms with Gasteiger partial charge in [0.2, 0.25) is 17.8 Å². The third-order valence-electron chi connectivity index (χ3n) is 5.66. The molecule has 38 heavy (non-hydrogen) atoms. The lowest BCUT2D eigenvalue weighted by molar-refractivity contribution is 0.414. The average Bonchev–Trinajstić information content (AvgIpc) is 3.31. The molecule has 5 rings (SSSR count). The van der Waals surface area contributed by atoms with Crippen LogP contribution in [0.2, 0.25) is 0 Å². The van der Waals surface area contributed by atoms with E-state index in [0.29, 0.717) is 30.8 Å². The number of nitrogens with one attached hydrogen (secondary N) is 3. The molecule has 5 N–H and O–H groups in total. The Hall–Kier alpha value is -5.39. The second-order valence-corrected chi connectivity index (χ2v) is 8.23. The van der Waals surface area contributed by atoms with Crippen LogP contribution < -0.4 is 21.2 Å². The first-order valence-corrected chi connectivity index (χ1v) is 11.7. The second-order valence-electron chi connectivity index (χ2n) is 8.23. The number of benzene rings is 3. The number of rotatable bonds is 9. The van der Waals surface area contributed by atoms with Gasteiger partial charge in [0.25, 0.3) is 0 Å². The maximum Gasteiger partial charge on any atom is 0.241 e. The molecule has 0 saturated carbocycles. The maximum absolute atomic E-state index is 7.81. The van der Waals surface area contributed by atoms with E-state index in [-0.39, 0.29) is 5.84 Å². The van der Waals surface area contributed by atoms with Crippen molar-refractivity contribution in [2.45, 2.75) is 13.0 Å². The van der Waals surface area contributed by atoms with Crippen LogP contribution in [0.4, 0.5) is 17.6 Å². The van der Waals surface area contributed by atoms with Crippen molar-refractivity contribution in [3.05, 3.63) is 90.3 Å². The standard InChI is InChI=1S/C26H25N11O/c1-38-20-11-9-17(10-12-20)15-29-25-33-21-7-2-3-8-22(21)37(25)26-31-16-30-24(34-26)32-19-6-4-5-18(13-19)14-23(27)35-36-28/h2-13,16H,14-15H2,1H3,(H,29,33)(H3,27,28,35)(H,30,31,32,34). The number of hydrogen-bond acceptors (Lipinski definition) is 9. The Morgan fingerprint density at radius 3 is 2.66 bits per heavy atom. The van der Waals surface area contributed by atoms with Crippen molar-refractivity contribution < 1.29 is 4.74 Å². The number of imidazole rings is 1. The van der Waals surface area contributed by atoms with Crippen molar-refractivity contribution >= 4 is 34.5 Å². The summed E-state index contributed by atoms with van der Waals surface area (Å²) >= 11 is 0. The largest absolute Gasteiger partial charge is 0.497 e. The van der Waals surface area contributed by atoms with Gasteiger partial charge in [-0.15, -0.1) is 5.11 Å². The number of methoxy groups -OCH3 is 1. The van der Waals surface area contributed by atoms with Crippen LogP contribution in [-0.2, 0) is 13.0 Å². The molecule has 0 fully saturated rings. The minimum absolute atomic E-state index is 0.0637. The summed E-state index contributed by atoms with van der Waals surface area (Å²) in [5.74, 6) is 7.29. The Kier molecular flexibility index (Phi) is 7.11. The Balaban J connectivity index is 1.42. The van der Waals surface area contributed by atoms with Gasteiger partial charge in [-0.05, 0) is 47.5 Å². The van der Waals surface area contributed by atoms with Gasteiger partial charge in [-0.2, -0.15) is 4.98 Å². The topological polar surface area (TPSA) is 164 Å². The minimum Gasteiger partial charge on any atom is -0.497 e. The lowest BCUT2D eigenvalue weighted by Crippen LogP contribution is -2.10. The molecule has 0 amide bonds. The van der Waals surface area contributed by atoms with Crippen molar-refractivity contribution in [3.8, 4) is 11.7 Å². The Morgan fingerprint density at radius 1 is 1.00 bits per heavy atom. The predicted octanol–water partition coefficient (Wildman–Crippen LogP) is 4.42. The molecule has 0 aliphatic heterocycles. The number of fused-ring (bicyclic) bond motifs is 1. The quantitative estimate of drug-likeness (QED) is 0.0748. The van der Waals surface area contributed by atoms with Gasteiger partial charge in [-0.3, -0.25) is 5.41 Å². The summed E-state index contributed by atoms with van der Waals surface area (Å²) < 4.78 is 7.11. The molecule has 0 spiro atoms. The van der Waals surface area contributed by atoms with Crippen LogP contribution in [0.3, 0.4) is 0 Å². The molecular formula is C26H25N11O. The van der Waals surface area contributed by atoms with E-state index in [2.05, 4.69) is 35.9 Å².